The average molecular weight is 251 g/mol. The van der Waals surface area contributed by atoms with Crippen molar-refractivity contribution in [3.05, 3.63) is 48.2 Å². The van der Waals surface area contributed by atoms with E-state index >= 15 is 0 Å². The van der Waals surface area contributed by atoms with E-state index < -0.39 is 0 Å². The summed E-state index contributed by atoms with van der Waals surface area (Å²) in [6, 6.07) is 8.05. The predicted molar refractivity (Wildman–Crippen MR) is 72.6 cm³/mol. The fraction of sp³-hybridized carbons (Fsp3) is 0.214. The lowest BCUT2D eigenvalue weighted by atomic mass is 9.95. The van der Waals surface area contributed by atoms with Crippen molar-refractivity contribution in [3.63, 3.8) is 0 Å². The number of anilines is 1. The molecule has 1 aromatic carbocycles. The van der Waals surface area contributed by atoms with Gasteiger partial charge in [0.1, 0.15) is 17.7 Å². The topological polar surface area (TPSA) is 80.5 Å². The van der Waals surface area contributed by atoms with Crippen LogP contribution in [0.4, 0.5) is 5.69 Å². The molecule has 0 unspecified atom stereocenters. The average Bonchev–Trinajstić information content (AvgIpc) is 3.13. The van der Waals surface area contributed by atoms with Gasteiger partial charge in [-0.1, -0.05) is 12.1 Å². The Bertz CT molecular complexity index is 707. The van der Waals surface area contributed by atoms with Gasteiger partial charge in [-0.15, -0.1) is 0 Å². The van der Waals surface area contributed by atoms with Crippen LogP contribution in [0.3, 0.4) is 0 Å². The number of aromatic amines is 1. The van der Waals surface area contributed by atoms with Crippen molar-refractivity contribution in [1.29, 1.82) is 0 Å². The lowest BCUT2D eigenvalue weighted by Gasteiger charge is -2.12. The first-order chi connectivity index (χ1) is 9.28. The van der Waals surface area contributed by atoms with E-state index in [-0.39, 0.29) is 5.41 Å². The summed E-state index contributed by atoms with van der Waals surface area (Å²) in [5.74, 6) is 0.979. The van der Waals surface area contributed by atoms with Crippen molar-refractivity contribution < 1.29 is 0 Å². The molecule has 3 N–H and O–H groups in total. The van der Waals surface area contributed by atoms with Gasteiger partial charge in [0.2, 0.25) is 0 Å². The Morgan fingerprint density at radius 3 is 2.63 bits per heavy atom. The zero-order valence-electron chi connectivity index (χ0n) is 10.3. The van der Waals surface area contributed by atoms with E-state index in [0.717, 1.165) is 35.5 Å². The minimum absolute atomic E-state index is 0.00833. The standard InChI is InChI=1S/C14H13N5/c15-10-3-1-9(2-4-10)14(5-6-14)13-18-11-7-16-8-17-12(11)19-13/h1-4,7-8H,5-6,15H2,(H,16,17,18,19). The Morgan fingerprint density at radius 2 is 1.95 bits per heavy atom. The Hall–Kier alpha value is -2.43. The second-order valence-electron chi connectivity index (χ2n) is 5.05. The number of benzene rings is 1. The van der Waals surface area contributed by atoms with Gasteiger partial charge in [0.05, 0.1) is 11.6 Å². The number of imidazole rings is 1. The SMILES string of the molecule is Nc1ccc(C2(c3nc4ncncc4[nH]3)CC2)cc1. The molecule has 3 aromatic rings. The molecule has 2 heterocycles. The van der Waals surface area contributed by atoms with E-state index in [0.29, 0.717) is 0 Å². The number of fused-ring (bicyclic) bond motifs is 1. The molecule has 0 aliphatic heterocycles. The molecule has 0 bridgehead atoms. The van der Waals surface area contributed by atoms with E-state index in [1.54, 1.807) is 6.20 Å². The van der Waals surface area contributed by atoms with Crippen LogP contribution in [0.15, 0.2) is 36.8 Å². The summed E-state index contributed by atoms with van der Waals surface area (Å²) in [5.41, 5.74) is 9.42. The van der Waals surface area contributed by atoms with E-state index in [9.17, 15) is 0 Å². The first-order valence-electron chi connectivity index (χ1n) is 6.30. The third-order valence-corrected chi connectivity index (χ3v) is 3.83. The van der Waals surface area contributed by atoms with Crippen molar-refractivity contribution in [2.45, 2.75) is 18.3 Å². The van der Waals surface area contributed by atoms with Gasteiger partial charge < -0.3 is 10.7 Å². The number of H-pyrrole nitrogens is 1. The molecule has 5 nitrogen and oxygen atoms in total. The minimum atomic E-state index is 0.00833. The highest BCUT2D eigenvalue weighted by Crippen LogP contribution is 2.52. The normalized spacial score (nSPS) is 16.6. The van der Waals surface area contributed by atoms with Crippen molar-refractivity contribution in [1.82, 2.24) is 19.9 Å². The zero-order chi connectivity index (χ0) is 12.9. The molecule has 4 rings (SSSR count). The summed E-state index contributed by atoms with van der Waals surface area (Å²) in [4.78, 5) is 16.1. The maximum atomic E-state index is 5.75. The number of nitrogens with zero attached hydrogens (tertiary/aromatic N) is 3. The first kappa shape index (κ1) is 10.5. The molecule has 94 valence electrons. The molecule has 0 radical (unpaired) electrons. The smallest absolute Gasteiger partial charge is 0.180 e. The van der Waals surface area contributed by atoms with Gasteiger partial charge in [0.15, 0.2) is 5.65 Å². The molecule has 19 heavy (non-hydrogen) atoms. The van der Waals surface area contributed by atoms with Crippen LogP contribution in [0.1, 0.15) is 24.2 Å². The van der Waals surface area contributed by atoms with Gasteiger partial charge in [0.25, 0.3) is 0 Å². The van der Waals surface area contributed by atoms with Crippen LogP contribution in [0, 0.1) is 0 Å². The number of nitrogens with one attached hydrogen (secondary N) is 1. The van der Waals surface area contributed by atoms with Gasteiger partial charge in [-0.05, 0) is 30.5 Å². The van der Waals surface area contributed by atoms with Crippen LogP contribution in [-0.2, 0) is 5.41 Å². The van der Waals surface area contributed by atoms with Crippen molar-refractivity contribution in [2.75, 3.05) is 5.73 Å². The predicted octanol–water partition coefficient (Wildman–Crippen LogP) is 2.02. The molecule has 0 saturated heterocycles. The molecule has 0 amide bonds. The second kappa shape index (κ2) is 3.54. The summed E-state index contributed by atoms with van der Waals surface area (Å²) in [6.07, 6.45) is 5.49. The molecule has 1 fully saturated rings. The summed E-state index contributed by atoms with van der Waals surface area (Å²) in [7, 11) is 0. The lowest BCUT2D eigenvalue weighted by Crippen LogP contribution is -2.10. The van der Waals surface area contributed by atoms with Gasteiger partial charge >= 0.3 is 0 Å². The van der Waals surface area contributed by atoms with E-state index in [4.69, 9.17) is 5.73 Å². The summed E-state index contributed by atoms with van der Waals surface area (Å²) in [6.45, 7) is 0. The molecule has 5 heteroatoms. The molecular weight excluding hydrogens is 238 g/mol. The molecular formula is C14H13N5. The van der Waals surface area contributed by atoms with Crippen molar-refractivity contribution in [3.8, 4) is 0 Å². The summed E-state index contributed by atoms with van der Waals surface area (Å²) < 4.78 is 0. The number of rotatable bonds is 2. The fourth-order valence-electron chi connectivity index (χ4n) is 2.58. The third kappa shape index (κ3) is 1.51. The quantitative estimate of drug-likeness (QED) is 0.683. The van der Waals surface area contributed by atoms with Crippen LogP contribution < -0.4 is 5.73 Å². The highest BCUT2D eigenvalue weighted by Gasteiger charge is 2.48. The van der Waals surface area contributed by atoms with Crippen LogP contribution in [-0.4, -0.2) is 19.9 Å². The Kier molecular flexibility index (Phi) is 1.95. The van der Waals surface area contributed by atoms with Crippen molar-refractivity contribution in [2.24, 2.45) is 0 Å². The number of hydrogen-bond donors (Lipinski definition) is 2. The second-order valence-corrected chi connectivity index (χ2v) is 5.05. The largest absolute Gasteiger partial charge is 0.399 e. The summed E-state index contributed by atoms with van der Waals surface area (Å²) >= 11 is 0. The van der Waals surface area contributed by atoms with Crippen LogP contribution in [0.25, 0.3) is 11.2 Å². The van der Waals surface area contributed by atoms with E-state index in [1.165, 1.54) is 11.9 Å². The van der Waals surface area contributed by atoms with Crippen molar-refractivity contribution >= 4 is 16.9 Å². The molecule has 2 aromatic heterocycles. The molecule has 0 spiro atoms. The molecule has 1 aliphatic rings. The Morgan fingerprint density at radius 1 is 1.16 bits per heavy atom. The van der Waals surface area contributed by atoms with Crippen LogP contribution in [0.5, 0.6) is 0 Å². The third-order valence-electron chi connectivity index (χ3n) is 3.83. The Labute approximate surface area is 109 Å². The van der Waals surface area contributed by atoms with Gasteiger partial charge in [0, 0.05) is 5.69 Å². The van der Waals surface area contributed by atoms with Gasteiger partial charge in [-0.3, -0.25) is 0 Å². The fourth-order valence-corrected chi connectivity index (χ4v) is 2.58. The Balaban J connectivity index is 1.84. The monoisotopic (exact) mass is 251 g/mol. The number of aromatic nitrogens is 4. The number of nitrogens with two attached hydrogens (primary N) is 1. The minimum Gasteiger partial charge on any atom is -0.399 e. The van der Waals surface area contributed by atoms with Crippen LogP contribution >= 0.6 is 0 Å². The van der Waals surface area contributed by atoms with E-state index in [2.05, 4.69) is 32.1 Å². The zero-order valence-corrected chi connectivity index (χ0v) is 10.3. The van der Waals surface area contributed by atoms with Gasteiger partial charge in [-0.2, -0.15) is 0 Å². The molecule has 0 atom stereocenters. The lowest BCUT2D eigenvalue weighted by molar-refractivity contribution is 0.778. The molecule has 1 saturated carbocycles. The highest BCUT2D eigenvalue weighted by molar-refractivity contribution is 5.69. The first-order valence-corrected chi connectivity index (χ1v) is 6.30. The van der Waals surface area contributed by atoms with Crippen LogP contribution in [0.2, 0.25) is 0 Å². The highest BCUT2D eigenvalue weighted by atomic mass is 15.0. The van der Waals surface area contributed by atoms with E-state index in [1.807, 2.05) is 12.1 Å². The number of nitrogen functional groups attached to an aromatic ring is 1. The summed E-state index contributed by atoms with van der Waals surface area (Å²) in [5, 5.41) is 0. The number of hydrogen-bond acceptors (Lipinski definition) is 4. The van der Waals surface area contributed by atoms with Gasteiger partial charge in [-0.25, -0.2) is 15.0 Å². The maximum absolute atomic E-state index is 5.75. The maximum Gasteiger partial charge on any atom is 0.180 e. The molecule has 1 aliphatic carbocycles.